The van der Waals surface area contributed by atoms with Gasteiger partial charge in [0.1, 0.15) is 22.9 Å². The zero-order valence-corrected chi connectivity index (χ0v) is 17.8. The number of hydrogen-bond donors (Lipinski definition) is 2. The van der Waals surface area contributed by atoms with Crippen LogP contribution in [0, 0.1) is 11.8 Å². The molecule has 0 radical (unpaired) electrons. The summed E-state index contributed by atoms with van der Waals surface area (Å²) in [4.78, 5) is 21.9. The highest BCUT2D eigenvalue weighted by molar-refractivity contribution is 6.30. The van der Waals surface area contributed by atoms with Crippen LogP contribution < -0.4 is 15.5 Å². The molecule has 2 aliphatic heterocycles. The molecule has 8 heteroatoms. The van der Waals surface area contributed by atoms with Crippen LogP contribution in [-0.4, -0.2) is 45.1 Å². The molecule has 5 heterocycles. The summed E-state index contributed by atoms with van der Waals surface area (Å²) in [6.07, 6.45) is 7.01. The van der Waals surface area contributed by atoms with Crippen molar-refractivity contribution in [3.8, 4) is 0 Å². The lowest BCUT2D eigenvalue weighted by Gasteiger charge is -2.41. The van der Waals surface area contributed by atoms with Crippen LogP contribution in [0.25, 0.3) is 11.0 Å². The lowest BCUT2D eigenvalue weighted by Crippen LogP contribution is -2.50. The fraction of sp³-hybridized carbons (Fsp3) is 0.500. The number of nitrogens with two attached hydrogens (primary N) is 1. The van der Waals surface area contributed by atoms with E-state index in [0.29, 0.717) is 29.1 Å². The summed E-state index contributed by atoms with van der Waals surface area (Å²) in [6, 6.07) is 4.70. The Morgan fingerprint density at radius 2 is 2.00 bits per heavy atom. The van der Waals surface area contributed by atoms with E-state index in [-0.39, 0.29) is 0 Å². The number of H-pyrrole nitrogens is 1. The van der Waals surface area contributed by atoms with Gasteiger partial charge < -0.3 is 20.5 Å². The first kappa shape index (κ1) is 18.4. The molecule has 3 aliphatic rings. The molecular weight excluding hydrogens is 398 g/mol. The van der Waals surface area contributed by atoms with E-state index in [9.17, 15) is 0 Å². The average molecular weight is 424 g/mol. The second-order valence-electron chi connectivity index (χ2n) is 9.09. The van der Waals surface area contributed by atoms with E-state index in [1.165, 1.54) is 18.4 Å². The fourth-order valence-electron chi connectivity index (χ4n) is 5.75. The average Bonchev–Trinajstić information content (AvgIpc) is 3.26. The van der Waals surface area contributed by atoms with Gasteiger partial charge in [-0.3, -0.25) is 0 Å². The van der Waals surface area contributed by atoms with Gasteiger partial charge in [-0.05, 0) is 43.7 Å². The standard InChI is InChI=1S/C22H26ClN7/c1-12-6-17-16(10-30(12)18-7-19(23)28-21-15(18)4-5-25-21)22(27-11-26-17)29-8-13-2-3-14(9-29)20(13)24/h4-5,7,11-14,20H,2-3,6,8-10,24H2,1H3,(H,25,28)/t12-,13-,14+,20?/m1/s1. The van der Waals surface area contributed by atoms with Crippen LogP contribution >= 0.6 is 11.6 Å². The molecule has 0 amide bonds. The molecule has 156 valence electrons. The Hall–Kier alpha value is -2.38. The number of aromatic nitrogens is 4. The van der Waals surface area contributed by atoms with Gasteiger partial charge in [0.05, 0.1) is 11.4 Å². The summed E-state index contributed by atoms with van der Waals surface area (Å²) in [5.41, 5.74) is 10.8. The predicted molar refractivity (Wildman–Crippen MR) is 119 cm³/mol. The monoisotopic (exact) mass is 423 g/mol. The molecule has 3 aromatic heterocycles. The summed E-state index contributed by atoms with van der Waals surface area (Å²) >= 11 is 6.35. The van der Waals surface area contributed by atoms with Crippen molar-refractivity contribution < 1.29 is 0 Å². The van der Waals surface area contributed by atoms with E-state index in [1.54, 1.807) is 6.33 Å². The number of piperidine rings is 1. The number of aromatic amines is 1. The van der Waals surface area contributed by atoms with Crippen molar-refractivity contribution in [2.75, 3.05) is 22.9 Å². The molecule has 0 spiro atoms. The van der Waals surface area contributed by atoms with Crippen molar-refractivity contribution in [2.45, 2.75) is 44.8 Å². The Morgan fingerprint density at radius 1 is 1.20 bits per heavy atom. The van der Waals surface area contributed by atoms with Crippen molar-refractivity contribution >= 4 is 34.1 Å². The maximum Gasteiger partial charge on any atom is 0.141 e. The van der Waals surface area contributed by atoms with Crippen LogP contribution in [0.4, 0.5) is 11.5 Å². The van der Waals surface area contributed by atoms with Gasteiger partial charge in [-0.25, -0.2) is 15.0 Å². The normalized spacial score (nSPS) is 28.2. The molecule has 4 atom stereocenters. The molecule has 7 nitrogen and oxygen atoms in total. The highest BCUT2D eigenvalue weighted by Gasteiger charge is 2.41. The number of hydrogen-bond acceptors (Lipinski definition) is 6. The molecule has 2 fully saturated rings. The summed E-state index contributed by atoms with van der Waals surface area (Å²) in [5.74, 6) is 2.24. The van der Waals surface area contributed by atoms with E-state index >= 15 is 0 Å². The van der Waals surface area contributed by atoms with Gasteiger partial charge in [0.25, 0.3) is 0 Å². The van der Waals surface area contributed by atoms with Gasteiger partial charge in [0, 0.05) is 55.3 Å². The van der Waals surface area contributed by atoms with Crippen molar-refractivity contribution in [1.82, 2.24) is 19.9 Å². The maximum absolute atomic E-state index is 6.45. The van der Waals surface area contributed by atoms with Gasteiger partial charge in [-0.15, -0.1) is 0 Å². The third-order valence-electron chi connectivity index (χ3n) is 7.35. The Balaban J connectivity index is 1.39. The number of halogens is 1. The topological polar surface area (TPSA) is 87.0 Å². The first-order valence-electron chi connectivity index (χ1n) is 10.8. The Labute approximate surface area is 180 Å². The lowest BCUT2D eigenvalue weighted by molar-refractivity contribution is 0.354. The largest absolute Gasteiger partial charge is 0.363 e. The van der Waals surface area contributed by atoms with Crippen LogP contribution in [0.15, 0.2) is 24.7 Å². The summed E-state index contributed by atoms with van der Waals surface area (Å²) in [6.45, 7) is 5.02. The molecule has 1 aliphatic carbocycles. The van der Waals surface area contributed by atoms with E-state index < -0.39 is 0 Å². The number of pyridine rings is 1. The first-order chi connectivity index (χ1) is 14.6. The minimum Gasteiger partial charge on any atom is -0.363 e. The molecule has 0 aromatic carbocycles. The van der Waals surface area contributed by atoms with Gasteiger partial charge >= 0.3 is 0 Å². The van der Waals surface area contributed by atoms with Crippen molar-refractivity contribution in [3.63, 3.8) is 0 Å². The molecule has 6 rings (SSSR count). The minimum atomic E-state index is 0.308. The molecular formula is C22H26ClN7. The summed E-state index contributed by atoms with van der Waals surface area (Å²) in [7, 11) is 0. The Kier molecular flexibility index (Phi) is 4.18. The molecule has 1 unspecified atom stereocenters. The van der Waals surface area contributed by atoms with Crippen molar-refractivity contribution in [3.05, 3.63) is 41.1 Å². The lowest BCUT2D eigenvalue weighted by atomic mass is 9.92. The zero-order chi connectivity index (χ0) is 20.4. The zero-order valence-electron chi connectivity index (χ0n) is 17.1. The fourth-order valence-corrected chi connectivity index (χ4v) is 5.94. The quantitative estimate of drug-likeness (QED) is 0.616. The van der Waals surface area contributed by atoms with Crippen molar-refractivity contribution in [2.24, 2.45) is 17.6 Å². The third kappa shape index (κ3) is 2.79. The SMILES string of the molecule is C[C@@H]1Cc2ncnc(N3C[C@H]4CC[C@@H](C3)C4N)c2CN1c1cc(Cl)nc2[nH]ccc12. The number of nitrogens with zero attached hydrogens (tertiary/aromatic N) is 5. The first-order valence-corrected chi connectivity index (χ1v) is 11.2. The summed E-state index contributed by atoms with van der Waals surface area (Å²) in [5, 5.41) is 1.60. The number of anilines is 2. The van der Waals surface area contributed by atoms with Gasteiger partial charge in [0.15, 0.2) is 0 Å². The Morgan fingerprint density at radius 3 is 2.80 bits per heavy atom. The highest BCUT2D eigenvalue weighted by atomic mass is 35.5. The molecule has 3 aromatic rings. The van der Waals surface area contributed by atoms with Crippen LogP contribution in [0.5, 0.6) is 0 Å². The molecule has 30 heavy (non-hydrogen) atoms. The van der Waals surface area contributed by atoms with Gasteiger partial charge in [0.2, 0.25) is 0 Å². The van der Waals surface area contributed by atoms with E-state index in [1.807, 2.05) is 12.3 Å². The minimum absolute atomic E-state index is 0.308. The molecule has 2 bridgehead atoms. The van der Waals surface area contributed by atoms with Crippen LogP contribution in [-0.2, 0) is 13.0 Å². The van der Waals surface area contributed by atoms with Crippen LogP contribution in [0.1, 0.15) is 31.0 Å². The third-order valence-corrected chi connectivity index (χ3v) is 7.55. The van der Waals surface area contributed by atoms with Crippen LogP contribution in [0.2, 0.25) is 5.15 Å². The number of fused-ring (bicyclic) bond motifs is 4. The predicted octanol–water partition coefficient (Wildman–Crippen LogP) is 3.13. The van der Waals surface area contributed by atoms with E-state index in [0.717, 1.165) is 54.3 Å². The Bertz CT molecular complexity index is 1100. The second kappa shape index (κ2) is 6.82. The van der Waals surface area contributed by atoms with Crippen LogP contribution in [0.3, 0.4) is 0 Å². The van der Waals surface area contributed by atoms with Gasteiger partial charge in [-0.1, -0.05) is 11.6 Å². The second-order valence-corrected chi connectivity index (χ2v) is 9.47. The number of rotatable bonds is 2. The summed E-state index contributed by atoms with van der Waals surface area (Å²) < 4.78 is 0. The van der Waals surface area contributed by atoms with E-state index in [2.05, 4.69) is 37.7 Å². The smallest absolute Gasteiger partial charge is 0.141 e. The highest BCUT2D eigenvalue weighted by Crippen LogP contribution is 2.40. The molecule has 3 N–H and O–H groups in total. The molecule has 1 saturated carbocycles. The molecule has 1 saturated heterocycles. The van der Waals surface area contributed by atoms with Gasteiger partial charge in [-0.2, -0.15) is 0 Å². The number of nitrogens with one attached hydrogen (secondary N) is 1. The van der Waals surface area contributed by atoms with E-state index in [4.69, 9.17) is 22.3 Å². The maximum atomic E-state index is 6.45. The van der Waals surface area contributed by atoms with Crippen molar-refractivity contribution in [1.29, 1.82) is 0 Å².